The molecule has 0 bridgehead atoms. The first-order valence-corrected chi connectivity index (χ1v) is 7.42. The Morgan fingerprint density at radius 3 is 2.48 bits per heavy atom. The predicted octanol–water partition coefficient (Wildman–Crippen LogP) is 0.703. The number of hydrogen-bond donors (Lipinski definition) is 1. The van der Waals surface area contributed by atoms with Crippen molar-refractivity contribution in [3.05, 3.63) is 11.8 Å². The molecule has 21 heavy (non-hydrogen) atoms. The van der Waals surface area contributed by atoms with Gasteiger partial charge >= 0.3 is 6.03 Å². The molecule has 114 valence electrons. The molecule has 0 atom stereocenters. The van der Waals surface area contributed by atoms with E-state index in [0.717, 1.165) is 50.5 Å². The third kappa shape index (κ3) is 2.72. The lowest BCUT2D eigenvalue weighted by atomic mass is 10.0. The summed E-state index contributed by atoms with van der Waals surface area (Å²) in [6.45, 7) is 5.40. The van der Waals surface area contributed by atoms with Gasteiger partial charge in [0, 0.05) is 51.0 Å². The van der Waals surface area contributed by atoms with Gasteiger partial charge < -0.3 is 20.4 Å². The number of piperidine rings is 1. The molecule has 2 N–H and O–H groups in total. The van der Waals surface area contributed by atoms with Crippen molar-refractivity contribution in [2.24, 2.45) is 0 Å². The maximum atomic E-state index is 12.0. The zero-order valence-electron chi connectivity index (χ0n) is 12.6. The fourth-order valence-electron chi connectivity index (χ4n) is 3.15. The monoisotopic (exact) mass is 290 g/mol. The summed E-state index contributed by atoms with van der Waals surface area (Å²) in [7, 11) is 1.86. The highest BCUT2D eigenvalue weighted by Gasteiger charge is 2.33. The largest absolute Gasteiger partial charge is 0.368 e. The van der Waals surface area contributed by atoms with Gasteiger partial charge in [-0.3, -0.25) is 0 Å². The fraction of sp³-hybridized carbons (Fsp3) is 0.643. The number of hydrogen-bond acceptors (Lipinski definition) is 5. The summed E-state index contributed by atoms with van der Waals surface area (Å²) in [6, 6.07) is 2.47. The maximum absolute atomic E-state index is 12.0. The minimum atomic E-state index is 0.163. The number of anilines is 2. The van der Waals surface area contributed by atoms with Crippen molar-refractivity contribution in [2.45, 2.75) is 25.8 Å². The van der Waals surface area contributed by atoms with Crippen molar-refractivity contribution in [1.29, 1.82) is 0 Å². The Labute approximate surface area is 124 Å². The Balaban J connectivity index is 1.64. The highest BCUT2D eigenvalue weighted by Crippen LogP contribution is 2.24. The van der Waals surface area contributed by atoms with E-state index in [1.807, 2.05) is 24.9 Å². The van der Waals surface area contributed by atoms with Crippen LogP contribution in [0.5, 0.6) is 0 Å². The molecule has 2 saturated heterocycles. The van der Waals surface area contributed by atoms with Gasteiger partial charge in [-0.15, -0.1) is 0 Å². The van der Waals surface area contributed by atoms with Crippen LogP contribution < -0.4 is 10.6 Å². The highest BCUT2D eigenvalue weighted by atomic mass is 16.2. The molecule has 3 rings (SSSR count). The van der Waals surface area contributed by atoms with Gasteiger partial charge in [-0.1, -0.05) is 0 Å². The first kappa shape index (κ1) is 13.9. The summed E-state index contributed by atoms with van der Waals surface area (Å²) in [6.07, 6.45) is 1.95. The van der Waals surface area contributed by atoms with Crippen molar-refractivity contribution in [3.8, 4) is 0 Å². The molecule has 7 heteroatoms. The van der Waals surface area contributed by atoms with E-state index in [4.69, 9.17) is 5.73 Å². The molecule has 7 nitrogen and oxygen atoms in total. The Hall–Kier alpha value is -2.05. The van der Waals surface area contributed by atoms with E-state index in [1.54, 1.807) is 4.90 Å². The molecule has 0 unspecified atom stereocenters. The number of nitrogens with two attached hydrogens (primary N) is 1. The van der Waals surface area contributed by atoms with Gasteiger partial charge in [0.1, 0.15) is 5.82 Å². The van der Waals surface area contributed by atoms with Crippen LogP contribution in [0.15, 0.2) is 6.07 Å². The van der Waals surface area contributed by atoms with E-state index in [0.29, 0.717) is 12.0 Å². The molecule has 3 heterocycles. The number of nitrogens with zero attached hydrogens (tertiary/aromatic N) is 5. The summed E-state index contributed by atoms with van der Waals surface area (Å²) in [5.74, 6) is 1.21. The Morgan fingerprint density at radius 1 is 1.19 bits per heavy atom. The Bertz CT molecular complexity index is 520. The second-order valence-electron chi connectivity index (χ2n) is 5.84. The number of aromatic nitrogens is 2. The lowest BCUT2D eigenvalue weighted by Gasteiger charge is -2.37. The molecule has 0 aromatic carbocycles. The van der Waals surface area contributed by atoms with Gasteiger partial charge in [0.15, 0.2) is 0 Å². The van der Waals surface area contributed by atoms with Crippen LogP contribution in [0, 0.1) is 6.92 Å². The van der Waals surface area contributed by atoms with Gasteiger partial charge in [0.2, 0.25) is 5.95 Å². The van der Waals surface area contributed by atoms with Crippen LogP contribution in [-0.2, 0) is 0 Å². The van der Waals surface area contributed by atoms with Crippen molar-refractivity contribution in [3.63, 3.8) is 0 Å². The van der Waals surface area contributed by atoms with Gasteiger partial charge in [0.25, 0.3) is 0 Å². The summed E-state index contributed by atoms with van der Waals surface area (Å²) in [5, 5.41) is 0. The van der Waals surface area contributed by atoms with Crippen LogP contribution in [0.25, 0.3) is 0 Å². The number of urea groups is 1. The number of likely N-dealkylation sites (N-methyl/N-ethyl adjacent to an activating group) is 1. The topological polar surface area (TPSA) is 78.6 Å². The van der Waals surface area contributed by atoms with Crippen LogP contribution in [0.1, 0.15) is 18.5 Å². The summed E-state index contributed by atoms with van der Waals surface area (Å²) in [4.78, 5) is 26.5. The predicted molar refractivity (Wildman–Crippen MR) is 81.1 cm³/mol. The molecule has 0 aliphatic carbocycles. The van der Waals surface area contributed by atoms with Crippen molar-refractivity contribution in [2.75, 3.05) is 43.9 Å². The summed E-state index contributed by atoms with van der Waals surface area (Å²) < 4.78 is 0. The number of aryl methyl sites for hydroxylation is 1. The van der Waals surface area contributed by atoms with E-state index in [9.17, 15) is 4.79 Å². The third-order valence-electron chi connectivity index (χ3n) is 4.34. The molecule has 0 radical (unpaired) electrons. The number of nitrogen functional groups attached to an aromatic ring is 1. The third-order valence-corrected chi connectivity index (χ3v) is 4.34. The van der Waals surface area contributed by atoms with Gasteiger partial charge in [-0.25, -0.2) is 9.78 Å². The minimum absolute atomic E-state index is 0.163. The molecule has 0 spiro atoms. The van der Waals surface area contributed by atoms with Crippen LogP contribution in [0.3, 0.4) is 0 Å². The molecule has 2 fully saturated rings. The van der Waals surface area contributed by atoms with Crippen LogP contribution in [0.2, 0.25) is 0 Å². The molecular formula is C14H22N6O. The Kier molecular flexibility index (Phi) is 3.57. The number of amides is 2. The average Bonchev–Trinajstić information content (AvgIpc) is 2.78. The smallest absolute Gasteiger partial charge is 0.320 e. The van der Waals surface area contributed by atoms with E-state index in [2.05, 4.69) is 14.9 Å². The molecular weight excluding hydrogens is 268 g/mol. The first-order valence-electron chi connectivity index (χ1n) is 7.42. The molecule has 0 saturated carbocycles. The minimum Gasteiger partial charge on any atom is -0.368 e. The fourth-order valence-corrected chi connectivity index (χ4v) is 3.15. The second kappa shape index (κ2) is 5.38. The normalized spacial score (nSPS) is 20.5. The van der Waals surface area contributed by atoms with E-state index in [-0.39, 0.29) is 6.03 Å². The van der Waals surface area contributed by atoms with Crippen molar-refractivity contribution < 1.29 is 4.79 Å². The van der Waals surface area contributed by atoms with Gasteiger partial charge in [-0.2, -0.15) is 4.98 Å². The Morgan fingerprint density at radius 2 is 1.90 bits per heavy atom. The zero-order chi connectivity index (χ0) is 15.0. The van der Waals surface area contributed by atoms with Gasteiger partial charge in [0.05, 0.1) is 0 Å². The summed E-state index contributed by atoms with van der Waals surface area (Å²) >= 11 is 0. The number of rotatable bonds is 2. The van der Waals surface area contributed by atoms with Crippen LogP contribution >= 0.6 is 0 Å². The second-order valence-corrected chi connectivity index (χ2v) is 5.84. The summed E-state index contributed by atoms with van der Waals surface area (Å²) in [5.41, 5.74) is 6.60. The quantitative estimate of drug-likeness (QED) is 0.867. The zero-order valence-corrected chi connectivity index (χ0v) is 12.6. The van der Waals surface area contributed by atoms with Crippen molar-refractivity contribution >= 4 is 17.8 Å². The van der Waals surface area contributed by atoms with E-state index >= 15 is 0 Å². The molecule has 1 aromatic heterocycles. The standard InChI is InChI=1S/C14H22N6O/c1-10-9-12(17-13(15)16-10)19-5-3-11(4-6-19)20-8-7-18(2)14(20)21/h9,11H,3-8H2,1-2H3,(H2,15,16,17). The van der Waals surface area contributed by atoms with Crippen LogP contribution in [-0.4, -0.2) is 65.1 Å². The average molecular weight is 290 g/mol. The first-order chi connectivity index (χ1) is 10.0. The van der Waals surface area contributed by atoms with E-state index in [1.165, 1.54) is 0 Å². The SMILES string of the molecule is Cc1cc(N2CCC(N3CCN(C)C3=O)CC2)nc(N)n1. The molecule has 1 aromatic rings. The number of carbonyl (C=O) groups is 1. The lowest BCUT2D eigenvalue weighted by molar-refractivity contribution is 0.173. The molecule has 2 amide bonds. The highest BCUT2D eigenvalue weighted by molar-refractivity contribution is 5.76. The maximum Gasteiger partial charge on any atom is 0.320 e. The van der Waals surface area contributed by atoms with Crippen LogP contribution in [0.4, 0.5) is 16.6 Å². The molecule has 2 aliphatic rings. The van der Waals surface area contributed by atoms with Gasteiger partial charge in [-0.05, 0) is 19.8 Å². The number of carbonyl (C=O) groups excluding carboxylic acids is 1. The molecule has 2 aliphatic heterocycles. The van der Waals surface area contributed by atoms with E-state index < -0.39 is 0 Å². The lowest BCUT2D eigenvalue weighted by Crippen LogP contribution is -2.46. The van der Waals surface area contributed by atoms with Crippen molar-refractivity contribution in [1.82, 2.24) is 19.8 Å².